The third kappa shape index (κ3) is 5.56. The highest BCUT2D eigenvalue weighted by molar-refractivity contribution is 8.00. The molecule has 2 heterocycles. The van der Waals surface area contributed by atoms with E-state index in [0.717, 1.165) is 23.9 Å². The Morgan fingerprint density at radius 3 is 2.69 bits per heavy atom. The van der Waals surface area contributed by atoms with E-state index in [-0.39, 0.29) is 17.8 Å². The summed E-state index contributed by atoms with van der Waals surface area (Å²) in [6, 6.07) is 10.7. The van der Waals surface area contributed by atoms with Gasteiger partial charge in [0.05, 0.1) is 11.8 Å². The van der Waals surface area contributed by atoms with Crippen molar-refractivity contribution in [2.45, 2.75) is 30.7 Å². The second-order valence-corrected chi connectivity index (χ2v) is 8.82. The van der Waals surface area contributed by atoms with Gasteiger partial charge in [-0.1, -0.05) is 13.0 Å². The Bertz CT molecular complexity index is 682. The van der Waals surface area contributed by atoms with Gasteiger partial charge in [-0.2, -0.15) is 0 Å². The average Bonchev–Trinajstić information content (AvgIpc) is 3.17. The molecule has 1 saturated heterocycles. The van der Waals surface area contributed by atoms with Gasteiger partial charge in [0.25, 0.3) is 0 Å². The van der Waals surface area contributed by atoms with E-state index in [1.54, 1.807) is 23.5 Å². The van der Waals surface area contributed by atoms with Gasteiger partial charge in [-0.3, -0.25) is 9.69 Å². The molecule has 1 unspecified atom stereocenters. The third-order valence-electron chi connectivity index (χ3n) is 4.81. The van der Waals surface area contributed by atoms with E-state index < -0.39 is 0 Å². The number of benzene rings is 1. The number of rotatable bonds is 7. The first kappa shape index (κ1) is 19.4. The van der Waals surface area contributed by atoms with Gasteiger partial charge >= 0.3 is 0 Å². The molecule has 3 nitrogen and oxygen atoms in total. The number of thiophene rings is 1. The lowest BCUT2D eigenvalue weighted by Crippen LogP contribution is -2.42. The van der Waals surface area contributed by atoms with Crippen LogP contribution >= 0.6 is 23.1 Å². The summed E-state index contributed by atoms with van der Waals surface area (Å²) in [5, 5.41) is 5.19. The van der Waals surface area contributed by atoms with E-state index in [9.17, 15) is 9.18 Å². The maximum Gasteiger partial charge on any atom is 0.230 e. The van der Waals surface area contributed by atoms with Crippen molar-refractivity contribution in [3.05, 3.63) is 52.5 Å². The molecule has 1 aliphatic heterocycles. The molecule has 1 N–H and O–H groups in total. The minimum Gasteiger partial charge on any atom is -0.353 e. The van der Waals surface area contributed by atoms with Gasteiger partial charge in [-0.15, -0.1) is 23.1 Å². The van der Waals surface area contributed by atoms with Crippen LogP contribution in [-0.4, -0.2) is 36.2 Å². The number of hydrogen-bond acceptors (Lipinski definition) is 4. The number of piperidine rings is 1. The van der Waals surface area contributed by atoms with Crippen molar-refractivity contribution in [1.82, 2.24) is 10.2 Å². The molecule has 26 heavy (non-hydrogen) atoms. The van der Waals surface area contributed by atoms with Crippen molar-refractivity contribution in [2.75, 3.05) is 25.4 Å². The molecule has 2 aromatic rings. The summed E-state index contributed by atoms with van der Waals surface area (Å²) in [6.45, 7) is 5.12. The quantitative estimate of drug-likeness (QED) is 0.701. The van der Waals surface area contributed by atoms with Crippen LogP contribution in [0.1, 0.15) is 30.7 Å². The molecular weight excluding hydrogens is 367 g/mol. The van der Waals surface area contributed by atoms with E-state index in [0.29, 0.717) is 12.3 Å². The Morgan fingerprint density at radius 2 is 2.04 bits per heavy atom. The zero-order chi connectivity index (χ0) is 18.4. The Kier molecular flexibility index (Phi) is 7.11. The predicted octanol–water partition coefficient (Wildman–Crippen LogP) is 4.57. The first-order valence-corrected chi connectivity index (χ1v) is 10.9. The topological polar surface area (TPSA) is 32.3 Å². The fourth-order valence-corrected chi connectivity index (χ4v) is 4.76. The number of nitrogens with one attached hydrogen (secondary N) is 1. The number of halogens is 1. The normalized spacial score (nSPS) is 17.2. The van der Waals surface area contributed by atoms with Crippen LogP contribution in [0, 0.1) is 11.7 Å². The first-order chi connectivity index (χ1) is 12.6. The van der Waals surface area contributed by atoms with Crippen molar-refractivity contribution >= 4 is 29.0 Å². The van der Waals surface area contributed by atoms with Crippen molar-refractivity contribution in [3.63, 3.8) is 0 Å². The lowest BCUT2D eigenvalue weighted by Gasteiger charge is -2.36. The van der Waals surface area contributed by atoms with Crippen LogP contribution in [0.25, 0.3) is 0 Å². The highest BCUT2D eigenvalue weighted by Gasteiger charge is 2.25. The number of nitrogens with zero attached hydrogens (tertiary/aromatic N) is 1. The monoisotopic (exact) mass is 392 g/mol. The second kappa shape index (κ2) is 9.53. The molecular formula is C20H25FN2OS2. The van der Waals surface area contributed by atoms with Gasteiger partial charge < -0.3 is 5.32 Å². The molecule has 1 fully saturated rings. The van der Waals surface area contributed by atoms with Gasteiger partial charge in [-0.05, 0) is 67.6 Å². The minimum atomic E-state index is -0.256. The highest BCUT2D eigenvalue weighted by Crippen LogP contribution is 2.29. The molecule has 6 heteroatoms. The molecule has 0 aliphatic carbocycles. The van der Waals surface area contributed by atoms with Gasteiger partial charge in [-0.25, -0.2) is 4.39 Å². The zero-order valence-electron chi connectivity index (χ0n) is 15.0. The summed E-state index contributed by atoms with van der Waals surface area (Å²) in [5.74, 6) is 0.899. The van der Waals surface area contributed by atoms with Gasteiger partial charge in [0, 0.05) is 16.3 Å². The standard InChI is InChI=1S/C20H25FN2OS2/c1-15-8-10-23(11-9-15)18(19-3-2-12-25-19)13-22-20(24)14-26-17-6-4-16(21)5-7-17/h2-7,12,15,18H,8-11,13-14H2,1H3,(H,22,24). The summed E-state index contributed by atoms with van der Waals surface area (Å²) in [5.41, 5.74) is 0. The molecule has 0 saturated carbocycles. The van der Waals surface area contributed by atoms with Crippen molar-refractivity contribution in [3.8, 4) is 0 Å². The number of carbonyl (C=O) groups is 1. The number of likely N-dealkylation sites (tertiary alicyclic amines) is 1. The molecule has 3 rings (SSSR count). The highest BCUT2D eigenvalue weighted by atomic mass is 32.2. The molecule has 0 radical (unpaired) electrons. The van der Waals surface area contributed by atoms with Crippen molar-refractivity contribution in [2.24, 2.45) is 5.92 Å². The number of amides is 1. The third-order valence-corrected chi connectivity index (χ3v) is 6.79. The summed E-state index contributed by atoms with van der Waals surface area (Å²) in [6.07, 6.45) is 2.44. The lowest BCUT2D eigenvalue weighted by molar-refractivity contribution is -0.118. The van der Waals surface area contributed by atoms with Gasteiger partial charge in [0.2, 0.25) is 5.91 Å². The number of thioether (sulfide) groups is 1. The van der Waals surface area contributed by atoms with Gasteiger partial charge in [0.1, 0.15) is 5.82 Å². The maximum atomic E-state index is 12.9. The Hall–Kier alpha value is -1.37. The summed E-state index contributed by atoms with van der Waals surface area (Å²) < 4.78 is 12.9. The van der Waals surface area contributed by atoms with Crippen molar-refractivity contribution < 1.29 is 9.18 Å². The Balaban J connectivity index is 1.52. The van der Waals surface area contributed by atoms with Crippen LogP contribution in [0.4, 0.5) is 4.39 Å². The smallest absolute Gasteiger partial charge is 0.230 e. The predicted molar refractivity (Wildman–Crippen MR) is 107 cm³/mol. The van der Waals surface area contributed by atoms with Crippen molar-refractivity contribution in [1.29, 1.82) is 0 Å². The van der Waals surface area contributed by atoms with Gasteiger partial charge in [0.15, 0.2) is 0 Å². The number of carbonyl (C=O) groups excluding carboxylic acids is 1. The summed E-state index contributed by atoms with van der Waals surface area (Å²) in [7, 11) is 0. The zero-order valence-corrected chi connectivity index (χ0v) is 16.6. The maximum absolute atomic E-state index is 12.9. The fraction of sp³-hybridized carbons (Fsp3) is 0.450. The largest absolute Gasteiger partial charge is 0.353 e. The van der Waals surface area contributed by atoms with Crippen LogP contribution < -0.4 is 5.32 Å². The molecule has 1 amide bonds. The summed E-state index contributed by atoms with van der Waals surface area (Å²) in [4.78, 5) is 17.0. The molecule has 1 aromatic carbocycles. The Morgan fingerprint density at radius 1 is 1.31 bits per heavy atom. The molecule has 0 spiro atoms. The minimum absolute atomic E-state index is 0.0197. The fourth-order valence-electron chi connectivity index (χ4n) is 3.17. The van der Waals surface area contributed by atoms with E-state index in [4.69, 9.17) is 0 Å². The first-order valence-electron chi connectivity index (χ1n) is 9.04. The molecule has 1 aromatic heterocycles. The Labute approximate surface area is 163 Å². The average molecular weight is 393 g/mol. The van der Waals surface area contributed by atoms with E-state index in [1.165, 1.54) is 41.6 Å². The molecule has 140 valence electrons. The van der Waals surface area contributed by atoms with Crippen LogP contribution in [0.2, 0.25) is 0 Å². The van der Waals surface area contributed by atoms with Crippen LogP contribution in [-0.2, 0) is 4.79 Å². The molecule has 1 atom stereocenters. The molecule has 0 bridgehead atoms. The second-order valence-electron chi connectivity index (χ2n) is 6.80. The van der Waals surface area contributed by atoms with E-state index in [2.05, 4.69) is 34.7 Å². The number of hydrogen-bond donors (Lipinski definition) is 1. The SMILES string of the molecule is CC1CCN(C(CNC(=O)CSc2ccc(F)cc2)c2cccs2)CC1. The van der Waals surface area contributed by atoms with Crippen LogP contribution in [0.15, 0.2) is 46.7 Å². The lowest BCUT2D eigenvalue weighted by atomic mass is 9.97. The van der Waals surface area contributed by atoms with Crippen LogP contribution in [0.3, 0.4) is 0 Å². The summed E-state index contributed by atoms with van der Waals surface area (Å²) >= 11 is 3.19. The van der Waals surface area contributed by atoms with E-state index >= 15 is 0 Å². The van der Waals surface area contributed by atoms with E-state index in [1.807, 2.05) is 0 Å². The van der Waals surface area contributed by atoms with Crippen LogP contribution in [0.5, 0.6) is 0 Å². The molecule has 1 aliphatic rings.